The number of rotatable bonds is 6. The zero-order chi connectivity index (χ0) is 15.5. The third-order valence-electron chi connectivity index (χ3n) is 5.03. The zero-order valence-corrected chi connectivity index (χ0v) is 13.4. The summed E-state index contributed by atoms with van der Waals surface area (Å²) in [5, 5.41) is 9.25. The number of carboxylic acids is 1. The molecule has 1 aromatic rings. The Morgan fingerprint density at radius 3 is 2.55 bits per heavy atom. The smallest absolute Gasteiger partial charge is 0.303 e. The number of hydrogen-bond donors (Lipinski definition) is 1. The molecule has 1 aliphatic carbocycles. The van der Waals surface area contributed by atoms with Crippen molar-refractivity contribution in [3.8, 4) is 0 Å². The molecule has 1 saturated carbocycles. The quantitative estimate of drug-likeness (QED) is 0.876. The van der Waals surface area contributed by atoms with Crippen LogP contribution in [0.2, 0.25) is 0 Å². The molecule has 1 aliphatic heterocycles. The monoisotopic (exact) mass is 302 g/mol. The predicted molar refractivity (Wildman–Crippen MR) is 86.9 cm³/mol. The van der Waals surface area contributed by atoms with Crippen molar-refractivity contribution in [2.75, 3.05) is 33.2 Å². The van der Waals surface area contributed by atoms with Crippen LogP contribution >= 0.6 is 0 Å². The maximum atomic E-state index is 11.2. The molecule has 2 fully saturated rings. The lowest BCUT2D eigenvalue weighted by Crippen LogP contribution is -2.44. The molecule has 3 rings (SSSR count). The number of likely N-dealkylation sites (N-methyl/N-ethyl adjacent to an activating group) is 1. The van der Waals surface area contributed by atoms with Gasteiger partial charge in [-0.1, -0.05) is 24.3 Å². The van der Waals surface area contributed by atoms with Gasteiger partial charge in [0.1, 0.15) is 0 Å². The van der Waals surface area contributed by atoms with Crippen molar-refractivity contribution in [1.29, 1.82) is 0 Å². The van der Waals surface area contributed by atoms with Gasteiger partial charge in [0, 0.05) is 32.7 Å². The van der Waals surface area contributed by atoms with Crippen LogP contribution in [0.3, 0.4) is 0 Å². The molecule has 1 unspecified atom stereocenters. The largest absolute Gasteiger partial charge is 0.481 e. The molecule has 0 bridgehead atoms. The summed E-state index contributed by atoms with van der Waals surface area (Å²) in [4.78, 5) is 16.1. The van der Waals surface area contributed by atoms with Gasteiger partial charge in [-0.3, -0.25) is 9.69 Å². The molecular weight excluding hydrogens is 276 g/mol. The summed E-state index contributed by atoms with van der Waals surface area (Å²) in [5.74, 6) is 0.0946. The van der Waals surface area contributed by atoms with Crippen LogP contribution in [-0.4, -0.2) is 54.1 Å². The van der Waals surface area contributed by atoms with Crippen LogP contribution in [0.15, 0.2) is 24.3 Å². The lowest BCUT2D eigenvalue weighted by molar-refractivity contribution is -0.137. The van der Waals surface area contributed by atoms with Gasteiger partial charge in [0.2, 0.25) is 0 Å². The summed E-state index contributed by atoms with van der Waals surface area (Å²) >= 11 is 0. The molecule has 1 aromatic carbocycles. The highest BCUT2D eigenvalue weighted by molar-refractivity contribution is 5.68. The van der Waals surface area contributed by atoms with Gasteiger partial charge in [-0.2, -0.15) is 0 Å². The number of piperazine rings is 1. The molecule has 2 aliphatic rings. The van der Waals surface area contributed by atoms with E-state index < -0.39 is 5.97 Å². The molecule has 0 spiro atoms. The molecule has 1 saturated heterocycles. The van der Waals surface area contributed by atoms with Gasteiger partial charge in [-0.05, 0) is 42.9 Å². The van der Waals surface area contributed by atoms with Crippen molar-refractivity contribution in [1.82, 2.24) is 9.80 Å². The van der Waals surface area contributed by atoms with Gasteiger partial charge in [0.25, 0.3) is 0 Å². The third-order valence-corrected chi connectivity index (χ3v) is 5.03. The average Bonchev–Trinajstić information content (AvgIpc) is 3.32. The highest BCUT2D eigenvalue weighted by Crippen LogP contribution is 2.45. The summed E-state index contributed by atoms with van der Waals surface area (Å²) < 4.78 is 0. The second-order valence-corrected chi connectivity index (χ2v) is 6.82. The Kier molecular flexibility index (Phi) is 4.79. The summed E-state index contributed by atoms with van der Waals surface area (Å²) in [7, 11) is 2.17. The number of benzene rings is 1. The minimum Gasteiger partial charge on any atom is -0.481 e. The van der Waals surface area contributed by atoms with Gasteiger partial charge in [-0.15, -0.1) is 0 Å². The van der Waals surface area contributed by atoms with Crippen molar-refractivity contribution < 1.29 is 9.90 Å². The number of hydrogen-bond acceptors (Lipinski definition) is 3. The van der Waals surface area contributed by atoms with Crippen LogP contribution in [0.4, 0.5) is 0 Å². The van der Waals surface area contributed by atoms with E-state index in [4.69, 9.17) is 0 Å². The first-order chi connectivity index (χ1) is 10.6. The molecule has 1 N–H and O–H groups in total. The zero-order valence-electron chi connectivity index (χ0n) is 13.4. The van der Waals surface area contributed by atoms with Crippen molar-refractivity contribution in [3.63, 3.8) is 0 Å². The fraction of sp³-hybridized carbons (Fsp3) is 0.611. The highest BCUT2D eigenvalue weighted by Gasteiger charge is 2.34. The van der Waals surface area contributed by atoms with E-state index in [1.165, 1.54) is 24.0 Å². The molecule has 120 valence electrons. The van der Waals surface area contributed by atoms with Gasteiger partial charge in [0.15, 0.2) is 0 Å². The van der Waals surface area contributed by atoms with E-state index >= 15 is 0 Å². The second-order valence-electron chi connectivity index (χ2n) is 6.82. The van der Waals surface area contributed by atoms with E-state index in [1.54, 1.807) is 0 Å². The Balaban J connectivity index is 1.75. The predicted octanol–water partition coefficient (Wildman–Crippen LogP) is 2.40. The van der Waals surface area contributed by atoms with Crippen LogP contribution in [0.25, 0.3) is 0 Å². The van der Waals surface area contributed by atoms with Gasteiger partial charge >= 0.3 is 5.97 Å². The topological polar surface area (TPSA) is 43.8 Å². The maximum Gasteiger partial charge on any atom is 0.303 e. The lowest BCUT2D eigenvalue weighted by atomic mass is 9.87. The van der Waals surface area contributed by atoms with Crippen molar-refractivity contribution in [2.24, 2.45) is 5.92 Å². The fourth-order valence-electron chi connectivity index (χ4n) is 3.50. The Bertz CT molecular complexity index is 520. The first-order valence-electron chi connectivity index (χ1n) is 8.34. The number of carboxylic acid groups (broad SMARTS) is 1. The van der Waals surface area contributed by atoms with E-state index in [2.05, 4.69) is 41.1 Å². The van der Waals surface area contributed by atoms with Crippen LogP contribution in [-0.2, 0) is 11.3 Å². The number of aliphatic carboxylic acids is 1. The average molecular weight is 302 g/mol. The molecule has 4 nitrogen and oxygen atoms in total. The minimum absolute atomic E-state index is 0.196. The fourth-order valence-corrected chi connectivity index (χ4v) is 3.50. The Labute approximate surface area is 132 Å². The summed E-state index contributed by atoms with van der Waals surface area (Å²) in [6.45, 7) is 5.37. The molecule has 1 atom stereocenters. The van der Waals surface area contributed by atoms with Crippen LogP contribution in [0.5, 0.6) is 0 Å². The van der Waals surface area contributed by atoms with Crippen LogP contribution in [0, 0.1) is 5.92 Å². The minimum atomic E-state index is -0.675. The normalized spacial score (nSPS) is 21.7. The van der Waals surface area contributed by atoms with E-state index in [9.17, 15) is 9.90 Å². The van der Waals surface area contributed by atoms with Crippen molar-refractivity contribution in [2.45, 2.75) is 31.7 Å². The summed E-state index contributed by atoms with van der Waals surface area (Å²) in [5.41, 5.74) is 2.59. The standard InChI is InChI=1S/C18H26N2O2/c1-19-8-10-20(11-9-19)13-15-4-2-3-5-16(15)17(12-18(21)22)14-6-7-14/h2-5,14,17H,6-13H2,1H3,(H,21,22). The summed E-state index contributed by atoms with van der Waals surface area (Å²) in [6.07, 6.45) is 2.63. The third kappa shape index (κ3) is 3.87. The SMILES string of the molecule is CN1CCN(Cc2ccccc2C(CC(=O)O)C2CC2)CC1. The van der Waals surface area contributed by atoms with Gasteiger partial charge < -0.3 is 10.0 Å². The van der Waals surface area contributed by atoms with Gasteiger partial charge in [-0.25, -0.2) is 0 Å². The first-order valence-corrected chi connectivity index (χ1v) is 8.34. The highest BCUT2D eigenvalue weighted by atomic mass is 16.4. The van der Waals surface area contributed by atoms with E-state index in [1.807, 2.05) is 0 Å². The van der Waals surface area contributed by atoms with Crippen LogP contribution < -0.4 is 0 Å². The molecule has 0 radical (unpaired) electrons. The van der Waals surface area contributed by atoms with Crippen molar-refractivity contribution in [3.05, 3.63) is 35.4 Å². The molecule has 4 heteroatoms. The van der Waals surface area contributed by atoms with E-state index in [0.717, 1.165) is 32.7 Å². The maximum absolute atomic E-state index is 11.2. The second kappa shape index (κ2) is 6.80. The number of nitrogens with zero attached hydrogens (tertiary/aromatic N) is 2. The summed E-state index contributed by atoms with van der Waals surface area (Å²) in [6, 6.07) is 8.47. The molecule has 0 aromatic heterocycles. The first kappa shape index (κ1) is 15.5. The van der Waals surface area contributed by atoms with Crippen molar-refractivity contribution >= 4 is 5.97 Å². The van der Waals surface area contributed by atoms with Gasteiger partial charge in [0.05, 0.1) is 6.42 Å². The molecule has 1 heterocycles. The van der Waals surface area contributed by atoms with Crippen LogP contribution in [0.1, 0.15) is 36.3 Å². The molecule has 0 amide bonds. The number of carbonyl (C=O) groups is 1. The molecule has 22 heavy (non-hydrogen) atoms. The van der Waals surface area contributed by atoms with E-state index in [0.29, 0.717) is 5.92 Å². The molecular formula is C18H26N2O2. The Morgan fingerprint density at radius 2 is 1.91 bits per heavy atom. The lowest BCUT2D eigenvalue weighted by Gasteiger charge is -2.33. The Morgan fingerprint density at radius 1 is 1.23 bits per heavy atom. The Hall–Kier alpha value is -1.39. The van der Waals surface area contributed by atoms with E-state index in [-0.39, 0.29) is 12.3 Å².